The summed E-state index contributed by atoms with van der Waals surface area (Å²) in [6.07, 6.45) is 0. The highest BCUT2D eigenvalue weighted by atomic mass is 16.4. The van der Waals surface area contributed by atoms with E-state index in [2.05, 4.69) is 36.2 Å². The van der Waals surface area contributed by atoms with E-state index < -0.39 is 5.97 Å². The van der Waals surface area contributed by atoms with Crippen molar-refractivity contribution in [3.8, 4) is 0 Å². The normalized spacial score (nSPS) is 10.3. The van der Waals surface area contributed by atoms with Gasteiger partial charge in [-0.25, -0.2) is 9.78 Å². The van der Waals surface area contributed by atoms with Crippen molar-refractivity contribution in [3.05, 3.63) is 58.8 Å². The van der Waals surface area contributed by atoms with E-state index in [0.29, 0.717) is 18.1 Å². The lowest BCUT2D eigenvalue weighted by Gasteiger charge is -2.19. The Labute approximate surface area is 118 Å². The van der Waals surface area contributed by atoms with Gasteiger partial charge in [-0.15, -0.1) is 0 Å². The van der Waals surface area contributed by atoms with E-state index in [1.807, 2.05) is 11.9 Å². The fourth-order valence-electron chi connectivity index (χ4n) is 2.02. The summed E-state index contributed by atoms with van der Waals surface area (Å²) in [6, 6.07) is 11.4. The molecule has 104 valence electrons. The van der Waals surface area contributed by atoms with Crippen molar-refractivity contribution in [1.82, 2.24) is 4.98 Å². The zero-order valence-electron chi connectivity index (χ0n) is 11.9. The van der Waals surface area contributed by atoms with Crippen LogP contribution >= 0.6 is 0 Å². The average Bonchev–Trinajstić information content (AvgIpc) is 2.40. The maximum atomic E-state index is 11.1. The van der Waals surface area contributed by atoms with Crippen LogP contribution in [0.25, 0.3) is 0 Å². The van der Waals surface area contributed by atoms with Crippen LogP contribution in [-0.4, -0.2) is 23.1 Å². The number of rotatable bonds is 4. The fourth-order valence-corrected chi connectivity index (χ4v) is 2.02. The first-order valence-electron chi connectivity index (χ1n) is 6.44. The van der Waals surface area contributed by atoms with E-state index in [1.54, 1.807) is 19.1 Å². The van der Waals surface area contributed by atoms with Crippen molar-refractivity contribution in [2.75, 3.05) is 11.9 Å². The Morgan fingerprint density at radius 1 is 1.20 bits per heavy atom. The minimum absolute atomic E-state index is 0.267. The average molecular weight is 270 g/mol. The third-order valence-electron chi connectivity index (χ3n) is 3.12. The van der Waals surface area contributed by atoms with E-state index in [1.165, 1.54) is 11.1 Å². The van der Waals surface area contributed by atoms with Gasteiger partial charge in [0.2, 0.25) is 0 Å². The van der Waals surface area contributed by atoms with Crippen molar-refractivity contribution in [2.24, 2.45) is 0 Å². The van der Waals surface area contributed by atoms with Gasteiger partial charge in [-0.1, -0.05) is 29.8 Å². The van der Waals surface area contributed by atoms with E-state index in [0.717, 1.165) is 0 Å². The summed E-state index contributed by atoms with van der Waals surface area (Å²) in [4.78, 5) is 17.4. The molecule has 0 atom stereocenters. The smallest absolute Gasteiger partial charge is 0.335 e. The number of hydrogen-bond donors (Lipinski definition) is 1. The number of hydrogen-bond acceptors (Lipinski definition) is 3. The molecule has 0 bridgehead atoms. The standard InChI is InChI=1S/C16H18N2O2/c1-11-4-6-13(7-5-11)10-18(3)15-9-14(16(19)20)8-12(2)17-15/h4-9H,10H2,1-3H3,(H,19,20). The lowest BCUT2D eigenvalue weighted by molar-refractivity contribution is 0.0696. The molecule has 0 unspecified atom stereocenters. The molecule has 0 saturated heterocycles. The van der Waals surface area contributed by atoms with Crippen molar-refractivity contribution in [2.45, 2.75) is 20.4 Å². The fraction of sp³-hybridized carbons (Fsp3) is 0.250. The Kier molecular flexibility index (Phi) is 4.03. The highest BCUT2D eigenvalue weighted by Gasteiger charge is 2.10. The van der Waals surface area contributed by atoms with E-state index in [-0.39, 0.29) is 5.56 Å². The van der Waals surface area contributed by atoms with Gasteiger partial charge >= 0.3 is 5.97 Å². The summed E-state index contributed by atoms with van der Waals surface area (Å²) < 4.78 is 0. The Bertz CT molecular complexity index is 621. The van der Waals surface area contributed by atoms with E-state index in [4.69, 9.17) is 5.11 Å². The topological polar surface area (TPSA) is 53.4 Å². The van der Waals surface area contributed by atoms with Crippen LogP contribution in [0.5, 0.6) is 0 Å². The first-order chi connectivity index (χ1) is 9.45. The van der Waals surface area contributed by atoms with Gasteiger partial charge in [-0.2, -0.15) is 0 Å². The number of carbonyl (C=O) groups is 1. The summed E-state index contributed by atoms with van der Waals surface area (Å²) >= 11 is 0. The van der Waals surface area contributed by atoms with E-state index >= 15 is 0 Å². The van der Waals surface area contributed by atoms with Crippen LogP contribution in [0.3, 0.4) is 0 Å². The van der Waals surface area contributed by atoms with Gasteiger partial charge in [-0.3, -0.25) is 0 Å². The predicted octanol–water partition coefficient (Wildman–Crippen LogP) is 3.03. The molecule has 0 fully saturated rings. The Morgan fingerprint density at radius 2 is 1.85 bits per heavy atom. The van der Waals surface area contributed by atoms with E-state index in [9.17, 15) is 4.79 Å². The van der Waals surface area contributed by atoms with Gasteiger partial charge in [-0.05, 0) is 31.5 Å². The number of carboxylic acid groups (broad SMARTS) is 1. The summed E-state index contributed by atoms with van der Waals surface area (Å²) in [7, 11) is 1.91. The molecule has 0 radical (unpaired) electrons. The molecule has 20 heavy (non-hydrogen) atoms. The molecule has 2 aromatic rings. The maximum absolute atomic E-state index is 11.1. The lowest BCUT2D eigenvalue weighted by atomic mass is 10.1. The molecular weight excluding hydrogens is 252 g/mol. The number of aromatic nitrogens is 1. The quantitative estimate of drug-likeness (QED) is 0.927. The van der Waals surface area contributed by atoms with Crippen LogP contribution in [0.4, 0.5) is 5.82 Å². The number of carboxylic acids is 1. The highest BCUT2D eigenvalue weighted by Crippen LogP contribution is 2.16. The monoisotopic (exact) mass is 270 g/mol. The summed E-state index contributed by atoms with van der Waals surface area (Å²) in [5.74, 6) is -0.261. The molecule has 0 aliphatic carbocycles. The van der Waals surface area contributed by atoms with Gasteiger partial charge in [0, 0.05) is 19.3 Å². The lowest BCUT2D eigenvalue weighted by Crippen LogP contribution is -2.18. The van der Waals surface area contributed by atoms with Crippen LogP contribution in [0, 0.1) is 13.8 Å². The van der Waals surface area contributed by atoms with Crippen LogP contribution in [-0.2, 0) is 6.54 Å². The van der Waals surface area contributed by atoms with Crippen molar-refractivity contribution < 1.29 is 9.90 Å². The molecule has 4 heteroatoms. The molecule has 0 amide bonds. The zero-order chi connectivity index (χ0) is 14.7. The van der Waals surface area contributed by atoms with Crippen molar-refractivity contribution in [3.63, 3.8) is 0 Å². The molecule has 0 saturated carbocycles. The molecule has 4 nitrogen and oxygen atoms in total. The third kappa shape index (κ3) is 3.35. The molecule has 1 heterocycles. The van der Waals surface area contributed by atoms with Gasteiger partial charge in [0.15, 0.2) is 0 Å². The Morgan fingerprint density at radius 3 is 2.45 bits per heavy atom. The second-order valence-corrected chi connectivity index (χ2v) is 5.00. The highest BCUT2D eigenvalue weighted by molar-refractivity contribution is 5.88. The van der Waals surface area contributed by atoms with Gasteiger partial charge < -0.3 is 10.0 Å². The minimum atomic E-state index is -0.930. The van der Waals surface area contributed by atoms with Gasteiger partial charge in [0.1, 0.15) is 5.82 Å². The van der Waals surface area contributed by atoms with Crippen molar-refractivity contribution >= 4 is 11.8 Å². The second-order valence-electron chi connectivity index (χ2n) is 5.00. The largest absolute Gasteiger partial charge is 0.478 e. The summed E-state index contributed by atoms with van der Waals surface area (Å²) in [5.41, 5.74) is 3.36. The third-order valence-corrected chi connectivity index (χ3v) is 3.12. The molecule has 1 aromatic carbocycles. The maximum Gasteiger partial charge on any atom is 0.335 e. The summed E-state index contributed by atoms with van der Waals surface area (Å²) in [5, 5.41) is 9.09. The SMILES string of the molecule is Cc1ccc(CN(C)c2cc(C(=O)O)cc(C)n2)cc1. The molecule has 1 aromatic heterocycles. The number of aryl methyl sites for hydroxylation is 2. The van der Waals surface area contributed by atoms with Crippen LogP contribution in [0.15, 0.2) is 36.4 Å². The Hall–Kier alpha value is -2.36. The minimum Gasteiger partial charge on any atom is -0.478 e. The van der Waals surface area contributed by atoms with Crippen molar-refractivity contribution in [1.29, 1.82) is 0 Å². The number of aromatic carboxylic acids is 1. The van der Waals surface area contributed by atoms with Gasteiger partial charge in [0.25, 0.3) is 0 Å². The molecular formula is C16H18N2O2. The predicted molar refractivity (Wildman–Crippen MR) is 79.2 cm³/mol. The number of pyridine rings is 1. The molecule has 0 spiro atoms. The zero-order valence-corrected chi connectivity index (χ0v) is 11.9. The molecule has 2 rings (SSSR count). The number of anilines is 1. The summed E-state index contributed by atoms with van der Waals surface area (Å²) in [6.45, 7) is 4.54. The van der Waals surface area contributed by atoms with Gasteiger partial charge in [0.05, 0.1) is 5.56 Å². The first kappa shape index (κ1) is 14.1. The van der Waals surface area contributed by atoms with Crippen LogP contribution in [0.2, 0.25) is 0 Å². The molecule has 1 N–H and O–H groups in total. The second kappa shape index (κ2) is 5.74. The number of benzene rings is 1. The first-order valence-corrected chi connectivity index (χ1v) is 6.44. The van der Waals surface area contributed by atoms with Crippen LogP contribution < -0.4 is 4.90 Å². The number of nitrogens with zero attached hydrogens (tertiary/aromatic N) is 2. The Balaban J connectivity index is 2.22. The molecule has 0 aliphatic heterocycles. The molecule has 0 aliphatic rings. The van der Waals surface area contributed by atoms with Crippen LogP contribution in [0.1, 0.15) is 27.2 Å².